The maximum absolute atomic E-state index is 12.7. The molecule has 0 aliphatic heterocycles. The first kappa shape index (κ1) is 24.6. The molecule has 1 aromatic heterocycles. The summed E-state index contributed by atoms with van der Waals surface area (Å²) >= 11 is 0. The Bertz CT molecular complexity index is 1140. The van der Waals surface area contributed by atoms with E-state index in [4.69, 9.17) is 14.2 Å². The van der Waals surface area contributed by atoms with E-state index in [0.717, 1.165) is 29.7 Å². The minimum absolute atomic E-state index is 0.344. The van der Waals surface area contributed by atoms with Crippen LogP contribution in [0.15, 0.2) is 55.3 Å². The minimum atomic E-state index is -0.344. The maximum atomic E-state index is 12.7. The number of ether oxygens (including phenoxy) is 3. The molecule has 0 fully saturated rings. The topological polar surface area (TPSA) is 87.5 Å². The lowest BCUT2D eigenvalue weighted by Crippen LogP contribution is -2.30. The summed E-state index contributed by atoms with van der Waals surface area (Å²) < 4.78 is 17.9. The van der Waals surface area contributed by atoms with Crippen molar-refractivity contribution in [2.75, 3.05) is 27.4 Å². The second-order valence-electron chi connectivity index (χ2n) is 7.41. The van der Waals surface area contributed by atoms with Crippen LogP contribution in [0.25, 0.3) is 23.4 Å². The maximum Gasteiger partial charge on any atom is 0.344 e. The van der Waals surface area contributed by atoms with Gasteiger partial charge in [0.05, 0.1) is 26.0 Å². The number of rotatable bonds is 11. The van der Waals surface area contributed by atoms with E-state index < -0.39 is 0 Å². The molecule has 0 aliphatic rings. The number of hydrogen-bond acceptors (Lipinski definition) is 6. The van der Waals surface area contributed by atoms with Crippen molar-refractivity contribution in [3.8, 4) is 28.5 Å². The molecule has 0 aliphatic carbocycles. The van der Waals surface area contributed by atoms with Crippen LogP contribution in [-0.2, 0) is 0 Å². The van der Waals surface area contributed by atoms with Gasteiger partial charge in [-0.1, -0.05) is 55.5 Å². The van der Waals surface area contributed by atoms with E-state index >= 15 is 0 Å². The second-order valence-corrected chi connectivity index (χ2v) is 7.41. The summed E-state index contributed by atoms with van der Waals surface area (Å²) in [6, 6.07) is 11.0. The molecule has 0 bridgehead atoms. The van der Waals surface area contributed by atoms with Gasteiger partial charge in [0.1, 0.15) is 29.5 Å². The van der Waals surface area contributed by atoms with Crippen LogP contribution >= 0.6 is 0 Å². The summed E-state index contributed by atoms with van der Waals surface area (Å²) in [7, 11) is 3.17. The van der Waals surface area contributed by atoms with Gasteiger partial charge in [0, 0.05) is 12.6 Å². The molecule has 0 saturated carbocycles. The monoisotopic (exact) mass is 462 g/mol. The SMILES string of the molecule is C=CCOc1ccc(/C=C/c2cc(OC)cc(OC)c2-c2cnnn2C(=O)NCCCC)cc1. The van der Waals surface area contributed by atoms with Crippen LogP contribution in [0.5, 0.6) is 17.2 Å². The molecular weight excluding hydrogens is 432 g/mol. The number of unbranched alkanes of at least 4 members (excludes halogenated alkanes) is 1. The molecule has 34 heavy (non-hydrogen) atoms. The zero-order valence-electron chi connectivity index (χ0n) is 19.8. The summed E-state index contributed by atoms with van der Waals surface area (Å²) in [5.74, 6) is 1.93. The van der Waals surface area contributed by atoms with E-state index in [2.05, 4.69) is 29.1 Å². The van der Waals surface area contributed by atoms with Gasteiger partial charge in [-0.2, -0.15) is 4.68 Å². The Hall–Kier alpha value is -4.07. The third kappa shape index (κ3) is 6.04. The highest BCUT2D eigenvalue weighted by Gasteiger charge is 2.20. The lowest BCUT2D eigenvalue weighted by Gasteiger charge is -2.15. The quantitative estimate of drug-likeness (QED) is 0.244. The summed E-state index contributed by atoms with van der Waals surface area (Å²) in [5.41, 5.74) is 2.96. The fourth-order valence-electron chi connectivity index (χ4n) is 3.31. The zero-order chi connectivity index (χ0) is 24.3. The van der Waals surface area contributed by atoms with Gasteiger partial charge in [0.15, 0.2) is 0 Å². The Labute approximate surface area is 199 Å². The Morgan fingerprint density at radius 1 is 1.12 bits per heavy atom. The van der Waals surface area contributed by atoms with Crippen LogP contribution in [0.1, 0.15) is 30.9 Å². The molecule has 8 heteroatoms. The molecule has 0 unspecified atom stereocenters. The van der Waals surface area contributed by atoms with Gasteiger partial charge in [0.2, 0.25) is 0 Å². The zero-order valence-corrected chi connectivity index (χ0v) is 19.8. The number of hydrogen-bond donors (Lipinski definition) is 1. The van der Waals surface area contributed by atoms with Gasteiger partial charge >= 0.3 is 6.03 Å². The van der Waals surface area contributed by atoms with Crippen molar-refractivity contribution in [3.63, 3.8) is 0 Å². The predicted octanol–water partition coefficient (Wildman–Crippen LogP) is 5.06. The Morgan fingerprint density at radius 2 is 1.91 bits per heavy atom. The lowest BCUT2D eigenvalue weighted by atomic mass is 10.0. The molecule has 0 saturated heterocycles. The summed E-state index contributed by atoms with van der Waals surface area (Å²) in [6.07, 6.45) is 9.01. The Morgan fingerprint density at radius 3 is 2.59 bits per heavy atom. The number of aromatic nitrogens is 3. The van der Waals surface area contributed by atoms with Crippen molar-refractivity contribution in [2.24, 2.45) is 0 Å². The van der Waals surface area contributed by atoms with Gasteiger partial charge in [-0.25, -0.2) is 4.79 Å². The molecule has 1 amide bonds. The number of carbonyl (C=O) groups excluding carboxylic acids is 1. The van der Waals surface area contributed by atoms with Crippen LogP contribution in [0.3, 0.4) is 0 Å². The number of nitrogens with one attached hydrogen (secondary N) is 1. The van der Waals surface area contributed by atoms with Gasteiger partial charge in [-0.05, 0) is 35.7 Å². The van der Waals surface area contributed by atoms with Crippen molar-refractivity contribution in [2.45, 2.75) is 19.8 Å². The van der Waals surface area contributed by atoms with Crippen molar-refractivity contribution < 1.29 is 19.0 Å². The van der Waals surface area contributed by atoms with Crippen LogP contribution < -0.4 is 19.5 Å². The fraction of sp³-hybridized carbons (Fsp3) is 0.269. The van der Waals surface area contributed by atoms with E-state index in [1.54, 1.807) is 32.6 Å². The first-order chi connectivity index (χ1) is 16.6. The van der Waals surface area contributed by atoms with Gasteiger partial charge in [-0.15, -0.1) is 5.10 Å². The van der Waals surface area contributed by atoms with E-state index in [-0.39, 0.29) is 6.03 Å². The molecular formula is C26H30N4O4. The molecule has 3 aromatic rings. The standard InChI is InChI=1S/C26H30N4O4/c1-5-7-14-27-26(31)30-23(18-28-29-30)25-20(16-22(32-3)17-24(25)33-4)11-8-19-9-12-21(13-10-19)34-15-6-2/h6,8-13,16-18H,2,5,7,14-15H2,1,3-4H3,(H,27,31)/b11-8+. The van der Waals surface area contributed by atoms with Gasteiger partial charge in [0.25, 0.3) is 0 Å². The Balaban J connectivity index is 1.99. The van der Waals surface area contributed by atoms with Crippen molar-refractivity contribution in [1.82, 2.24) is 20.3 Å². The Kier molecular flexibility index (Phi) is 8.85. The summed E-state index contributed by atoms with van der Waals surface area (Å²) in [4.78, 5) is 12.7. The molecule has 1 N–H and O–H groups in total. The fourth-order valence-corrected chi connectivity index (χ4v) is 3.31. The number of carbonyl (C=O) groups is 1. The van der Waals surface area contributed by atoms with Crippen LogP contribution in [0.4, 0.5) is 4.79 Å². The van der Waals surface area contributed by atoms with Crippen LogP contribution in [-0.4, -0.2) is 48.4 Å². The first-order valence-corrected chi connectivity index (χ1v) is 11.1. The van der Waals surface area contributed by atoms with Crippen molar-refractivity contribution in [1.29, 1.82) is 0 Å². The predicted molar refractivity (Wildman–Crippen MR) is 133 cm³/mol. The van der Waals surface area contributed by atoms with E-state index in [1.807, 2.05) is 42.5 Å². The third-order valence-electron chi connectivity index (χ3n) is 5.07. The minimum Gasteiger partial charge on any atom is -0.497 e. The lowest BCUT2D eigenvalue weighted by molar-refractivity contribution is 0.239. The normalized spacial score (nSPS) is 10.8. The second kappa shape index (κ2) is 12.2. The number of benzene rings is 2. The van der Waals surface area contributed by atoms with E-state index in [1.165, 1.54) is 4.68 Å². The third-order valence-corrected chi connectivity index (χ3v) is 5.07. The van der Waals surface area contributed by atoms with Crippen molar-refractivity contribution >= 4 is 18.2 Å². The average Bonchev–Trinajstić information content (AvgIpc) is 3.35. The first-order valence-electron chi connectivity index (χ1n) is 11.1. The highest BCUT2D eigenvalue weighted by molar-refractivity contribution is 5.88. The largest absolute Gasteiger partial charge is 0.497 e. The van der Waals surface area contributed by atoms with Gasteiger partial charge in [-0.3, -0.25) is 0 Å². The summed E-state index contributed by atoms with van der Waals surface area (Å²) in [6.45, 7) is 6.74. The number of methoxy groups -OCH3 is 2. The molecule has 1 heterocycles. The van der Waals surface area contributed by atoms with Crippen LogP contribution in [0, 0.1) is 0 Å². The molecule has 178 valence electrons. The highest BCUT2D eigenvalue weighted by Crippen LogP contribution is 2.37. The number of nitrogens with zero attached hydrogens (tertiary/aromatic N) is 3. The molecule has 0 atom stereocenters. The van der Waals surface area contributed by atoms with E-state index in [0.29, 0.717) is 35.9 Å². The molecule has 3 rings (SSSR count). The highest BCUT2D eigenvalue weighted by atomic mass is 16.5. The smallest absolute Gasteiger partial charge is 0.344 e. The average molecular weight is 463 g/mol. The molecule has 8 nitrogen and oxygen atoms in total. The van der Waals surface area contributed by atoms with Gasteiger partial charge < -0.3 is 19.5 Å². The van der Waals surface area contributed by atoms with Crippen LogP contribution in [0.2, 0.25) is 0 Å². The molecule has 0 spiro atoms. The van der Waals surface area contributed by atoms with E-state index in [9.17, 15) is 4.79 Å². The summed E-state index contributed by atoms with van der Waals surface area (Å²) in [5, 5.41) is 10.9. The number of amides is 1. The molecule has 2 aromatic carbocycles. The van der Waals surface area contributed by atoms with Crippen molar-refractivity contribution in [3.05, 3.63) is 66.4 Å². The molecule has 0 radical (unpaired) electrons.